The number of hydrogen-bond donors (Lipinski definition) is 1. The van der Waals surface area contributed by atoms with Crippen LogP contribution in [0.5, 0.6) is 0 Å². The molecular weight excluding hydrogens is 248 g/mol. The van der Waals surface area contributed by atoms with E-state index in [1.165, 1.54) is 0 Å². The highest BCUT2D eigenvalue weighted by atomic mass is 32.1. The maximum atomic E-state index is 12.3. The normalized spacial score (nSPS) is 25.9. The Hall–Kier alpha value is -0.710. The molecule has 2 aliphatic rings. The van der Waals surface area contributed by atoms with E-state index in [9.17, 15) is 9.59 Å². The summed E-state index contributed by atoms with van der Waals surface area (Å²) in [6.07, 6.45) is 1.78. The quantitative estimate of drug-likeness (QED) is 0.775. The summed E-state index contributed by atoms with van der Waals surface area (Å²) in [4.78, 5) is 27.8. The van der Waals surface area contributed by atoms with Gasteiger partial charge in [0.05, 0.1) is 6.54 Å². The van der Waals surface area contributed by atoms with Crippen molar-refractivity contribution in [2.75, 3.05) is 25.4 Å². The molecule has 0 spiro atoms. The molecule has 2 unspecified atom stereocenters. The number of hydrogen-bond acceptors (Lipinski definition) is 3. The van der Waals surface area contributed by atoms with Crippen LogP contribution >= 0.6 is 12.6 Å². The van der Waals surface area contributed by atoms with Crippen molar-refractivity contribution < 1.29 is 9.59 Å². The minimum atomic E-state index is -0.182. The van der Waals surface area contributed by atoms with Gasteiger partial charge in [0.25, 0.3) is 0 Å². The summed E-state index contributed by atoms with van der Waals surface area (Å²) in [5, 5.41) is 0. The number of nitrogens with zero attached hydrogens (tertiary/aromatic N) is 2. The molecule has 4 nitrogen and oxygen atoms in total. The Bertz CT molecular complexity index is 346. The van der Waals surface area contributed by atoms with Crippen molar-refractivity contribution >= 4 is 24.4 Å². The van der Waals surface area contributed by atoms with Gasteiger partial charge in [0.1, 0.15) is 6.04 Å². The summed E-state index contributed by atoms with van der Waals surface area (Å²) in [7, 11) is 0. The van der Waals surface area contributed by atoms with Crippen LogP contribution in [0, 0.1) is 11.8 Å². The first kappa shape index (κ1) is 13.7. The molecule has 2 atom stereocenters. The van der Waals surface area contributed by atoms with Gasteiger partial charge in [-0.05, 0) is 30.4 Å². The van der Waals surface area contributed by atoms with Crippen LogP contribution in [-0.2, 0) is 9.59 Å². The lowest BCUT2D eigenvalue weighted by molar-refractivity contribution is -0.154. The Kier molecular flexibility index (Phi) is 4.20. The highest BCUT2D eigenvalue weighted by molar-refractivity contribution is 7.80. The average molecular weight is 270 g/mol. The van der Waals surface area contributed by atoms with E-state index in [0.717, 1.165) is 25.1 Å². The standard InChI is InChI=1S/C13H22N2O2S/c1-9(2)10(8-18)6-14-7-12(16)15-5-3-4-11(15)13(14)17/h9-11,18H,3-8H2,1-2H3. The average Bonchev–Trinajstić information content (AvgIpc) is 2.81. The van der Waals surface area contributed by atoms with Gasteiger partial charge in [-0.25, -0.2) is 0 Å². The van der Waals surface area contributed by atoms with Crippen LogP contribution < -0.4 is 0 Å². The Morgan fingerprint density at radius 1 is 1.39 bits per heavy atom. The smallest absolute Gasteiger partial charge is 0.245 e. The molecule has 0 aromatic carbocycles. The molecule has 0 bridgehead atoms. The van der Waals surface area contributed by atoms with Crippen LogP contribution in [0.15, 0.2) is 0 Å². The molecule has 0 aromatic rings. The zero-order chi connectivity index (χ0) is 13.3. The largest absolute Gasteiger partial charge is 0.331 e. The molecule has 2 amide bonds. The predicted octanol–water partition coefficient (Wildman–Crippen LogP) is 1.02. The summed E-state index contributed by atoms with van der Waals surface area (Å²) in [5.41, 5.74) is 0. The second kappa shape index (κ2) is 5.51. The molecule has 5 heteroatoms. The molecule has 2 heterocycles. The molecular formula is C13H22N2O2S. The molecule has 102 valence electrons. The highest BCUT2D eigenvalue weighted by Crippen LogP contribution is 2.25. The summed E-state index contributed by atoms with van der Waals surface area (Å²) in [6, 6.07) is -0.182. The summed E-state index contributed by atoms with van der Waals surface area (Å²) in [5.74, 6) is 1.84. The van der Waals surface area contributed by atoms with Crippen LogP contribution in [0.25, 0.3) is 0 Å². The van der Waals surface area contributed by atoms with Gasteiger partial charge in [0, 0.05) is 13.1 Å². The van der Waals surface area contributed by atoms with E-state index >= 15 is 0 Å². The van der Waals surface area contributed by atoms with E-state index < -0.39 is 0 Å². The van der Waals surface area contributed by atoms with E-state index in [1.54, 1.807) is 9.80 Å². The van der Waals surface area contributed by atoms with Gasteiger partial charge in [-0.1, -0.05) is 13.8 Å². The van der Waals surface area contributed by atoms with Crippen molar-refractivity contribution in [2.45, 2.75) is 32.7 Å². The minimum absolute atomic E-state index is 0.110. The molecule has 2 aliphatic heterocycles. The first-order valence-electron chi connectivity index (χ1n) is 6.73. The number of rotatable bonds is 4. The van der Waals surface area contributed by atoms with E-state index in [4.69, 9.17) is 0 Å². The Balaban J connectivity index is 2.05. The molecule has 2 rings (SSSR count). The Labute approximate surface area is 114 Å². The zero-order valence-corrected chi connectivity index (χ0v) is 12.0. The fraction of sp³-hybridized carbons (Fsp3) is 0.846. The van der Waals surface area contributed by atoms with Crippen molar-refractivity contribution in [3.8, 4) is 0 Å². The molecule has 0 radical (unpaired) electrons. The second-order valence-corrected chi connectivity index (χ2v) is 6.02. The van der Waals surface area contributed by atoms with Crippen molar-refractivity contribution in [3.63, 3.8) is 0 Å². The fourth-order valence-corrected chi connectivity index (χ4v) is 3.32. The molecule has 0 saturated carbocycles. The molecule has 2 fully saturated rings. The van der Waals surface area contributed by atoms with E-state index in [0.29, 0.717) is 18.4 Å². The number of carbonyl (C=O) groups is 2. The van der Waals surface area contributed by atoms with Gasteiger partial charge >= 0.3 is 0 Å². The lowest BCUT2D eigenvalue weighted by Crippen LogP contribution is -2.58. The minimum Gasteiger partial charge on any atom is -0.331 e. The van der Waals surface area contributed by atoms with Crippen LogP contribution in [0.3, 0.4) is 0 Å². The van der Waals surface area contributed by atoms with Gasteiger partial charge in [-0.15, -0.1) is 0 Å². The second-order valence-electron chi connectivity index (χ2n) is 5.65. The van der Waals surface area contributed by atoms with Gasteiger partial charge in [-0.2, -0.15) is 12.6 Å². The zero-order valence-electron chi connectivity index (χ0n) is 11.1. The molecule has 2 saturated heterocycles. The van der Waals surface area contributed by atoms with E-state index in [-0.39, 0.29) is 24.4 Å². The highest BCUT2D eigenvalue weighted by Gasteiger charge is 2.42. The predicted molar refractivity (Wildman–Crippen MR) is 73.5 cm³/mol. The third kappa shape index (κ3) is 2.51. The van der Waals surface area contributed by atoms with Crippen molar-refractivity contribution in [1.82, 2.24) is 9.80 Å². The van der Waals surface area contributed by atoms with Crippen LogP contribution in [0.2, 0.25) is 0 Å². The van der Waals surface area contributed by atoms with Gasteiger partial charge in [-0.3, -0.25) is 9.59 Å². The summed E-state index contributed by atoms with van der Waals surface area (Å²) in [6.45, 7) is 5.95. The first-order chi connectivity index (χ1) is 8.54. The van der Waals surface area contributed by atoms with Gasteiger partial charge in [0.2, 0.25) is 11.8 Å². The van der Waals surface area contributed by atoms with Crippen molar-refractivity contribution in [1.29, 1.82) is 0 Å². The topological polar surface area (TPSA) is 40.6 Å². The Morgan fingerprint density at radius 3 is 2.72 bits per heavy atom. The van der Waals surface area contributed by atoms with Crippen LogP contribution in [0.4, 0.5) is 0 Å². The molecule has 0 aliphatic carbocycles. The molecule has 0 N–H and O–H groups in total. The molecule has 18 heavy (non-hydrogen) atoms. The van der Waals surface area contributed by atoms with Crippen LogP contribution in [0.1, 0.15) is 26.7 Å². The monoisotopic (exact) mass is 270 g/mol. The summed E-state index contributed by atoms with van der Waals surface area (Å²) < 4.78 is 0. The number of thiol groups is 1. The lowest BCUT2D eigenvalue weighted by Gasteiger charge is -2.38. The first-order valence-corrected chi connectivity index (χ1v) is 7.37. The fourth-order valence-electron chi connectivity index (χ4n) is 2.78. The van der Waals surface area contributed by atoms with E-state index in [1.807, 2.05) is 0 Å². The van der Waals surface area contributed by atoms with Crippen molar-refractivity contribution in [2.24, 2.45) is 11.8 Å². The lowest BCUT2D eigenvalue weighted by atomic mass is 9.96. The Morgan fingerprint density at radius 2 is 2.11 bits per heavy atom. The third-order valence-electron chi connectivity index (χ3n) is 4.13. The number of carbonyl (C=O) groups excluding carboxylic acids is 2. The van der Waals surface area contributed by atoms with Crippen LogP contribution in [-0.4, -0.2) is 53.0 Å². The van der Waals surface area contributed by atoms with Gasteiger partial charge in [0.15, 0.2) is 0 Å². The third-order valence-corrected chi connectivity index (χ3v) is 4.60. The number of amides is 2. The summed E-state index contributed by atoms with van der Waals surface area (Å²) >= 11 is 4.35. The molecule has 0 aromatic heterocycles. The number of fused-ring (bicyclic) bond motifs is 1. The SMILES string of the molecule is CC(C)C(CS)CN1CC(=O)N2CCCC2C1=O. The van der Waals surface area contributed by atoms with Crippen molar-refractivity contribution in [3.05, 3.63) is 0 Å². The van der Waals surface area contributed by atoms with E-state index in [2.05, 4.69) is 26.5 Å². The maximum absolute atomic E-state index is 12.3. The maximum Gasteiger partial charge on any atom is 0.245 e. The number of piperazine rings is 1. The van der Waals surface area contributed by atoms with Gasteiger partial charge < -0.3 is 9.80 Å².